The Morgan fingerprint density at radius 2 is 2.04 bits per heavy atom. The lowest BCUT2D eigenvalue weighted by molar-refractivity contribution is -0.385. The van der Waals surface area contributed by atoms with Gasteiger partial charge < -0.3 is 0 Å². The first-order valence-electron chi connectivity index (χ1n) is 6.28. The summed E-state index contributed by atoms with van der Waals surface area (Å²) in [4.78, 5) is 27.2. The van der Waals surface area contributed by atoms with Crippen molar-refractivity contribution < 1.29 is 18.1 Å². The maximum absolute atomic E-state index is 12.2. The zero-order valence-corrected chi connectivity index (χ0v) is 12.7. The molecule has 23 heavy (non-hydrogen) atoms. The number of rotatable bonds is 5. The van der Waals surface area contributed by atoms with Crippen LogP contribution in [0.3, 0.4) is 0 Å². The molecule has 2 aromatic rings. The predicted octanol–water partition coefficient (Wildman–Crippen LogP) is 0.922. The Labute approximate surface area is 131 Å². The lowest BCUT2D eigenvalue weighted by atomic mass is 10.2. The third-order valence-electron chi connectivity index (χ3n) is 2.89. The van der Waals surface area contributed by atoms with Crippen molar-refractivity contribution in [1.82, 2.24) is 15.2 Å². The zero-order valence-electron chi connectivity index (χ0n) is 11.9. The van der Waals surface area contributed by atoms with Gasteiger partial charge in [0.15, 0.2) is 0 Å². The summed E-state index contributed by atoms with van der Waals surface area (Å²) in [5.74, 6) is -0.704. The molecule has 0 unspecified atom stereocenters. The lowest BCUT2D eigenvalue weighted by Gasteiger charge is -2.10. The first-order chi connectivity index (χ1) is 10.8. The van der Waals surface area contributed by atoms with Gasteiger partial charge in [0.2, 0.25) is 0 Å². The molecule has 0 radical (unpaired) electrons. The number of hydrogen-bond acceptors (Lipinski definition) is 6. The van der Waals surface area contributed by atoms with Gasteiger partial charge in [-0.2, -0.15) is 0 Å². The van der Waals surface area contributed by atoms with Crippen molar-refractivity contribution in [3.8, 4) is 0 Å². The minimum atomic E-state index is -4.16. The summed E-state index contributed by atoms with van der Waals surface area (Å²) < 4.78 is 24.4. The number of benzene rings is 1. The molecule has 10 heteroatoms. The molecule has 2 N–H and O–H groups in total. The fourth-order valence-corrected chi connectivity index (χ4v) is 2.83. The van der Waals surface area contributed by atoms with E-state index >= 15 is 0 Å². The van der Waals surface area contributed by atoms with E-state index in [1.165, 1.54) is 43.6 Å². The predicted molar refractivity (Wildman–Crippen MR) is 79.9 cm³/mol. The number of nitro benzene ring substituents is 1. The Kier molecular flexibility index (Phi) is 4.67. The zero-order chi connectivity index (χ0) is 17.0. The third-order valence-corrected chi connectivity index (χ3v) is 4.28. The molecule has 0 aliphatic rings. The minimum Gasteiger partial charge on any atom is -0.273 e. The molecule has 0 fully saturated rings. The second-order valence-corrected chi connectivity index (χ2v) is 6.16. The van der Waals surface area contributed by atoms with Gasteiger partial charge in [0, 0.05) is 24.5 Å². The Hall–Kier alpha value is -2.85. The van der Waals surface area contributed by atoms with Crippen LogP contribution in [0.5, 0.6) is 0 Å². The van der Waals surface area contributed by atoms with Crippen molar-refractivity contribution in [2.75, 3.05) is 0 Å². The summed E-state index contributed by atoms with van der Waals surface area (Å²) in [6.07, 6.45) is 2.73. The summed E-state index contributed by atoms with van der Waals surface area (Å²) in [5, 5.41) is 10.8. The van der Waals surface area contributed by atoms with Gasteiger partial charge in [0.05, 0.1) is 15.4 Å². The summed E-state index contributed by atoms with van der Waals surface area (Å²) >= 11 is 0. The normalized spacial score (nSPS) is 11.0. The third kappa shape index (κ3) is 3.87. The van der Waals surface area contributed by atoms with E-state index in [4.69, 9.17) is 0 Å². The highest BCUT2D eigenvalue weighted by molar-refractivity contribution is 7.89. The van der Waals surface area contributed by atoms with Crippen LogP contribution in [0.25, 0.3) is 0 Å². The van der Waals surface area contributed by atoms with E-state index < -0.39 is 20.9 Å². The van der Waals surface area contributed by atoms with Crippen molar-refractivity contribution in [2.45, 2.75) is 11.8 Å². The maximum atomic E-state index is 12.2. The number of hydrazine groups is 1. The number of carbonyl (C=O) groups is 1. The Bertz CT molecular complexity index is 852. The fraction of sp³-hybridized carbons (Fsp3) is 0.0769. The summed E-state index contributed by atoms with van der Waals surface area (Å²) in [6, 6.07) is 6.41. The van der Waals surface area contributed by atoms with Crippen LogP contribution < -0.4 is 10.3 Å². The number of hydrogen-bond donors (Lipinski definition) is 2. The van der Waals surface area contributed by atoms with Crippen LogP contribution in [0, 0.1) is 17.0 Å². The number of nitrogens with one attached hydrogen (secondary N) is 2. The molecule has 1 aromatic heterocycles. The monoisotopic (exact) mass is 336 g/mol. The highest BCUT2D eigenvalue weighted by Crippen LogP contribution is 2.21. The topological polar surface area (TPSA) is 131 Å². The highest BCUT2D eigenvalue weighted by atomic mass is 32.2. The molecule has 9 nitrogen and oxygen atoms in total. The molecule has 0 saturated heterocycles. The summed E-state index contributed by atoms with van der Waals surface area (Å²) in [5.41, 5.74) is 2.12. The van der Waals surface area contributed by atoms with Crippen molar-refractivity contribution in [3.63, 3.8) is 0 Å². The van der Waals surface area contributed by atoms with E-state index in [-0.39, 0.29) is 16.1 Å². The molecule has 120 valence electrons. The molecule has 0 aliphatic heterocycles. The van der Waals surface area contributed by atoms with E-state index in [2.05, 4.69) is 4.98 Å². The molecular weight excluding hydrogens is 324 g/mol. The molecule has 2 rings (SSSR count). The number of pyridine rings is 1. The largest absolute Gasteiger partial charge is 0.273 e. The molecule has 0 atom stereocenters. The number of sulfonamides is 1. The molecule has 0 spiro atoms. The molecule has 1 aromatic carbocycles. The number of aryl methyl sites for hydroxylation is 1. The van der Waals surface area contributed by atoms with Gasteiger partial charge >= 0.3 is 0 Å². The highest BCUT2D eigenvalue weighted by Gasteiger charge is 2.21. The number of carbonyl (C=O) groups excluding carboxylic acids is 1. The molecule has 0 aliphatic carbocycles. The number of nitrogens with zero attached hydrogens (tertiary/aromatic N) is 2. The van der Waals surface area contributed by atoms with Gasteiger partial charge in [-0.15, -0.1) is 4.83 Å². The van der Waals surface area contributed by atoms with Gasteiger partial charge in [-0.25, -0.2) is 8.42 Å². The number of non-ortho nitro benzene ring substituents is 1. The number of aromatic nitrogens is 1. The average Bonchev–Trinajstić information content (AvgIpc) is 2.53. The van der Waals surface area contributed by atoms with Crippen LogP contribution in [0.1, 0.15) is 15.9 Å². The number of amides is 1. The van der Waals surface area contributed by atoms with Crippen LogP contribution in [0.4, 0.5) is 5.69 Å². The standard InChI is InChI=1S/C13H12N4O5S/c1-9-4-5-11(17(19)20)7-12(9)23(21,22)16-15-13(18)10-3-2-6-14-8-10/h2-8,16H,1H3,(H,15,18). The van der Waals surface area contributed by atoms with Gasteiger partial charge in [-0.1, -0.05) is 6.07 Å². The van der Waals surface area contributed by atoms with Crippen LogP contribution in [0.15, 0.2) is 47.6 Å². The van der Waals surface area contributed by atoms with E-state index in [1.54, 1.807) is 0 Å². The fourth-order valence-electron chi connectivity index (χ4n) is 1.73. The molecular formula is C13H12N4O5S. The minimum absolute atomic E-state index is 0.158. The van der Waals surface area contributed by atoms with E-state index in [1.807, 2.05) is 10.3 Å². The second-order valence-electron chi connectivity index (χ2n) is 4.51. The molecule has 1 heterocycles. The van der Waals surface area contributed by atoms with Gasteiger partial charge in [-0.3, -0.25) is 25.3 Å². The van der Waals surface area contributed by atoms with Crippen LogP contribution in [-0.4, -0.2) is 24.2 Å². The van der Waals surface area contributed by atoms with Crippen LogP contribution in [-0.2, 0) is 10.0 Å². The first-order valence-corrected chi connectivity index (χ1v) is 7.77. The maximum Gasteiger partial charge on any atom is 0.270 e. The van der Waals surface area contributed by atoms with E-state index in [9.17, 15) is 23.3 Å². The second kappa shape index (κ2) is 6.50. The smallest absolute Gasteiger partial charge is 0.270 e. The number of nitro groups is 1. The van der Waals surface area contributed by atoms with Crippen molar-refractivity contribution in [2.24, 2.45) is 0 Å². The molecule has 1 amide bonds. The SMILES string of the molecule is Cc1ccc([N+](=O)[O-])cc1S(=O)(=O)NNC(=O)c1cccnc1. The summed E-state index contributed by atoms with van der Waals surface area (Å²) in [7, 11) is -4.16. The quantitative estimate of drug-likeness (QED) is 0.616. The van der Waals surface area contributed by atoms with E-state index in [0.29, 0.717) is 5.56 Å². The van der Waals surface area contributed by atoms with Gasteiger partial charge in [-0.05, 0) is 24.6 Å². The van der Waals surface area contributed by atoms with Crippen molar-refractivity contribution in [3.05, 3.63) is 64.0 Å². The van der Waals surface area contributed by atoms with Crippen LogP contribution in [0.2, 0.25) is 0 Å². The van der Waals surface area contributed by atoms with Gasteiger partial charge in [0.25, 0.3) is 21.6 Å². The Morgan fingerprint density at radius 1 is 1.30 bits per heavy atom. The molecule has 0 saturated carbocycles. The Morgan fingerprint density at radius 3 is 2.65 bits per heavy atom. The first kappa shape index (κ1) is 16.5. The van der Waals surface area contributed by atoms with Crippen LogP contribution >= 0.6 is 0 Å². The lowest BCUT2D eigenvalue weighted by Crippen LogP contribution is -2.41. The summed E-state index contributed by atoms with van der Waals surface area (Å²) in [6.45, 7) is 1.49. The van der Waals surface area contributed by atoms with Gasteiger partial charge in [0.1, 0.15) is 0 Å². The molecule has 0 bridgehead atoms. The van der Waals surface area contributed by atoms with Crippen molar-refractivity contribution in [1.29, 1.82) is 0 Å². The Balaban J connectivity index is 2.21. The average molecular weight is 336 g/mol. The van der Waals surface area contributed by atoms with E-state index in [0.717, 1.165) is 6.07 Å². The van der Waals surface area contributed by atoms with Crippen molar-refractivity contribution >= 4 is 21.6 Å².